The van der Waals surface area contributed by atoms with Crippen LogP contribution in [0.25, 0.3) is 0 Å². The second kappa shape index (κ2) is 4.50. The summed E-state index contributed by atoms with van der Waals surface area (Å²) >= 11 is 5.72. The first kappa shape index (κ1) is 10.9. The monoisotopic (exact) mass is 228 g/mol. The highest BCUT2D eigenvalue weighted by Crippen LogP contribution is 2.36. The van der Waals surface area contributed by atoms with E-state index in [-0.39, 0.29) is 5.82 Å². The van der Waals surface area contributed by atoms with Gasteiger partial charge in [0.1, 0.15) is 5.82 Å². The SMILES string of the molecule is OC(CCC1CC1)c1cc(F)cc(Cl)c1. The summed E-state index contributed by atoms with van der Waals surface area (Å²) in [5.41, 5.74) is 0.584. The molecule has 15 heavy (non-hydrogen) atoms. The molecule has 1 atom stereocenters. The predicted octanol–water partition coefficient (Wildman–Crippen LogP) is 3.70. The van der Waals surface area contributed by atoms with Crippen LogP contribution in [0.15, 0.2) is 18.2 Å². The minimum absolute atomic E-state index is 0.343. The highest BCUT2D eigenvalue weighted by molar-refractivity contribution is 6.30. The first-order chi connectivity index (χ1) is 7.15. The molecule has 1 unspecified atom stereocenters. The topological polar surface area (TPSA) is 20.2 Å². The van der Waals surface area contributed by atoms with Crippen LogP contribution in [-0.2, 0) is 0 Å². The zero-order chi connectivity index (χ0) is 10.8. The summed E-state index contributed by atoms with van der Waals surface area (Å²) in [4.78, 5) is 0. The van der Waals surface area contributed by atoms with Crippen LogP contribution in [0.4, 0.5) is 4.39 Å². The van der Waals surface area contributed by atoms with Gasteiger partial charge in [0.05, 0.1) is 6.10 Å². The molecule has 0 amide bonds. The van der Waals surface area contributed by atoms with E-state index in [4.69, 9.17) is 11.6 Å². The van der Waals surface area contributed by atoms with Gasteiger partial charge in [-0.2, -0.15) is 0 Å². The Labute approximate surface area is 93.9 Å². The largest absolute Gasteiger partial charge is 0.388 e. The number of aliphatic hydroxyl groups excluding tert-OH is 1. The molecule has 0 saturated heterocycles. The van der Waals surface area contributed by atoms with E-state index in [1.54, 1.807) is 6.07 Å². The maximum atomic E-state index is 13.0. The number of halogens is 2. The standard InChI is InChI=1S/C12H14ClFO/c13-10-5-9(6-11(14)7-10)12(15)4-3-8-1-2-8/h5-8,12,15H,1-4H2. The molecule has 2 rings (SSSR count). The fourth-order valence-corrected chi connectivity index (χ4v) is 1.96. The Kier molecular flexibility index (Phi) is 3.27. The molecule has 0 aromatic heterocycles. The summed E-state index contributed by atoms with van der Waals surface area (Å²) in [5, 5.41) is 10.2. The first-order valence-electron chi connectivity index (χ1n) is 5.29. The number of rotatable bonds is 4. The van der Waals surface area contributed by atoms with Gasteiger partial charge in [-0.1, -0.05) is 24.4 Å². The lowest BCUT2D eigenvalue weighted by Gasteiger charge is -2.11. The van der Waals surface area contributed by atoms with E-state index in [9.17, 15) is 9.50 Å². The fourth-order valence-electron chi connectivity index (χ4n) is 1.73. The van der Waals surface area contributed by atoms with E-state index in [2.05, 4.69) is 0 Å². The van der Waals surface area contributed by atoms with Crippen molar-refractivity contribution in [1.82, 2.24) is 0 Å². The molecule has 0 heterocycles. The molecule has 3 heteroatoms. The van der Waals surface area contributed by atoms with Gasteiger partial charge in [0.2, 0.25) is 0 Å². The van der Waals surface area contributed by atoms with Crippen molar-refractivity contribution in [2.45, 2.75) is 31.8 Å². The maximum absolute atomic E-state index is 13.0. The van der Waals surface area contributed by atoms with E-state index in [1.807, 2.05) is 0 Å². The van der Waals surface area contributed by atoms with Gasteiger partial charge in [0, 0.05) is 5.02 Å². The third kappa shape index (κ3) is 3.18. The van der Waals surface area contributed by atoms with Crippen LogP contribution in [0.2, 0.25) is 5.02 Å². The smallest absolute Gasteiger partial charge is 0.125 e. The first-order valence-corrected chi connectivity index (χ1v) is 5.67. The summed E-state index contributed by atoms with van der Waals surface area (Å²) in [6.45, 7) is 0. The maximum Gasteiger partial charge on any atom is 0.125 e. The zero-order valence-electron chi connectivity index (χ0n) is 8.42. The summed E-state index contributed by atoms with van der Waals surface area (Å²) in [6.07, 6.45) is 3.69. The Morgan fingerprint density at radius 3 is 2.73 bits per heavy atom. The van der Waals surface area contributed by atoms with E-state index in [0.29, 0.717) is 17.0 Å². The third-order valence-corrected chi connectivity index (χ3v) is 3.03. The minimum Gasteiger partial charge on any atom is -0.388 e. The second-order valence-electron chi connectivity index (χ2n) is 4.24. The van der Waals surface area contributed by atoms with Crippen LogP contribution in [0.3, 0.4) is 0 Å². The van der Waals surface area contributed by atoms with Crippen LogP contribution >= 0.6 is 11.6 Å². The zero-order valence-corrected chi connectivity index (χ0v) is 9.17. The molecular weight excluding hydrogens is 215 g/mol. The number of aliphatic hydroxyl groups is 1. The molecule has 1 aromatic carbocycles. The number of hydrogen-bond donors (Lipinski definition) is 1. The Hall–Kier alpha value is -0.600. The molecule has 0 aliphatic heterocycles. The van der Waals surface area contributed by atoms with Gasteiger partial charge < -0.3 is 5.11 Å². The molecule has 1 aromatic rings. The van der Waals surface area contributed by atoms with Gasteiger partial charge in [0.15, 0.2) is 0 Å². The fraction of sp³-hybridized carbons (Fsp3) is 0.500. The van der Waals surface area contributed by atoms with Gasteiger partial charge in [-0.25, -0.2) is 4.39 Å². The van der Waals surface area contributed by atoms with Crippen molar-refractivity contribution in [1.29, 1.82) is 0 Å². The van der Waals surface area contributed by atoms with E-state index < -0.39 is 6.10 Å². The van der Waals surface area contributed by atoms with Crippen molar-refractivity contribution in [3.8, 4) is 0 Å². The minimum atomic E-state index is -0.584. The molecule has 1 N–H and O–H groups in total. The van der Waals surface area contributed by atoms with Gasteiger partial charge in [-0.15, -0.1) is 0 Å². The summed E-state index contributed by atoms with van der Waals surface area (Å²) in [5.74, 6) is 0.395. The Bertz CT molecular complexity index is 329. The van der Waals surface area contributed by atoms with Crippen LogP contribution < -0.4 is 0 Å². The van der Waals surface area contributed by atoms with E-state index in [0.717, 1.165) is 12.3 Å². The summed E-state index contributed by atoms with van der Waals surface area (Å²) in [6, 6.07) is 4.23. The van der Waals surface area contributed by atoms with Crippen LogP contribution in [0, 0.1) is 11.7 Å². The highest BCUT2D eigenvalue weighted by atomic mass is 35.5. The van der Waals surface area contributed by atoms with Crippen LogP contribution in [0.5, 0.6) is 0 Å². The average Bonchev–Trinajstić information content (AvgIpc) is 2.96. The average molecular weight is 229 g/mol. The molecule has 1 aliphatic carbocycles. The molecule has 1 saturated carbocycles. The van der Waals surface area contributed by atoms with Crippen molar-refractivity contribution in [2.24, 2.45) is 5.92 Å². The van der Waals surface area contributed by atoms with Gasteiger partial charge >= 0.3 is 0 Å². The molecular formula is C12H14ClFO. The van der Waals surface area contributed by atoms with Crippen molar-refractivity contribution < 1.29 is 9.50 Å². The van der Waals surface area contributed by atoms with Crippen LogP contribution in [0.1, 0.15) is 37.4 Å². The highest BCUT2D eigenvalue weighted by Gasteiger charge is 2.22. The Morgan fingerprint density at radius 2 is 2.13 bits per heavy atom. The van der Waals surface area contributed by atoms with Crippen molar-refractivity contribution >= 4 is 11.6 Å². The summed E-state index contributed by atoms with van der Waals surface area (Å²) < 4.78 is 13.0. The molecule has 0 spiro atoms. The van der Waals surface area contributed by atoms with Gasteiger partial charge in [-0.05, 0) is 42.5 Å². The van der Waals surface area contributed by atoms with E-state index in [1.165, 1.54) is 25.0 Å². The van der Waals surface area contributed by atoms with E-state index >= 15 is 0 Å². The van der Waals surface area contributed by atoms with Crippen molar-refractivity contribution in [2.75, 3.05) is 0 Å². The van der Waals surface area contributed by atoms with Crippen LogP contribution in [-0.4, -0.2) is 5.11 Å². The molecule has 1 aliphatic rings. The lowest BCUT2D eigenvalue weighted by Crippen LogP contribution is -1.98. The normalized spacial score (nSPS) is 17.8. The molecule has 1 fully saturated rings. The van der Waals surface area contributed by atoms with Crippen molar-refractivity contribution in [3.05, 3.63) is 34.6 Å². The molecule has 1 nitrogen and oxygen atoms in total. The summed E-state index contributed by atoms with van der Waals surface area (Å²) in [7, 11) is 0. The van der Waals surface area contributed by atoms with Gasteiger partial charge in [-0.3, -0.25) is 0 Å². The lowest BCUT2D eigenvalue weighted by molar-refractivity contribution is 0.162. The van der Waals surface area contributed by atoms with Crippen molar-refractivity contribution in [3.63, 3.8) is 0 Å². The molecule has 0 bridgehead atoms. The number of benzene rings is 1. The number of hydrogen-bond acceptors (Lipinski definition) is 1. The third-order valence-electron chi connectivity index (χ3n) is 2.81. The quantitative estimate of drug-likeness (QED) is 0.833. The lowest BCUT2D eigenvalue weighted by atomic mass is 10.0. The second-order valence-corrected chi connectivity index (χ2v) is 4.68. The molecule has 0 radical (unpaired) electrons. The Morgan fingerprint density at radius 1 is 1.40 bits per heavy atom. The predicted molar refractivity (Wildman–Crippen MR) is 58.3 cm³/mol. The van der Waals surface area contributed by atoms with Gasteiger partial charge in [0.25, 0.3) is 0 Å². The molecule has 82 valence electrons. The Balaban J connectivity index is 1.99.